The van der Waals surface area contributed by atoms with E-state index in [1.807, 2.05) is 24.5 Å². The first-order chi connectivity index (χ1) is 8.90. The number of hydrogen-bond donors (Lipinski definition) is 0. The van der Waals surface area contributed by atoms with Crippen LogP contribution in [-0.2, 0) is 0 Å². The molecule has 1 aromatic heterocycles. The van der Waals surface area contributed by atoms with Crippen molar-refractivity contribution in [1.82, 2.24) is 4.98 Å². The Morgan fingerprint density at radius 2 is 1.63 bits per heavy atom. The molecule has 0 saturated carbocycles. The molecule has 0 bridgehead atoms. The third kappa shape index (κ3) is 2.74. The smallest absolute Gasteiger partial charge is 0.293 e. The largest absolute Gasteiger partial charge is 1.00 e. The highest BCUT2D eigenvalue weighted by Crippen LogP contribution is 2.21. The lowest BCUT2D eigenvalue weighted by Gasteiger charge is -2.04. The molecule has 96 valence electrons. The summed E-state index contributed by atoms with van der Waals surface area (Å²) in [5.74, 6) is 0. The van der Waals surface area contributed by atoms with Gasteiger partial charge in [-0.15, -0.1) is 0 Å². The molecule has 2 aromatic carbocycles. The second kappa shape index (κ2) is 6.34. The van der Waals surface area contributed by atoms with E-state index >= 15 is 0 Å². The van der Waals surface area contributed by atoms with E-state index in [0.29, 0.717) is 0 Å². The van der Waals surface area contributed by atoms with Gasteiger partial charge in [-0.1, -0.05) is 42.1 Å². The highest BCUT2D eigenvalue weighted by molar-refractivity contribution is 7.98. The zero-order chi connectivity index (χ0) is 12.4. The highest BCUT2D eigenvalue weighted by atomic mass is 127. The first-order valence-corrected chi connectivity index (χ1v) is 7.01. The average Bonchev–Trinajstić information content (AvgIpc) is 2.47. The molecule has 3 aromatic rings. The molecular weight excluding hydrogens is 367 g/mol. The average molecular weight is 380 g/mol. The number of nitrogens with zero attached hydrogens (tertiary/aromatic N) is 2. The molecule has 19 heavy (non-hydrogen) atoms. The SMILES string of the molecule is CSc1nc[n+](-c2ccccc2)c2ccccc12.[I-]. The maximum Gasteiger partial charge on any atom is 0.293 e. The molecule has 0 radical (unpaired) electrons. The van der Waals surface area contributed by atoms with E-state index in [0.717, 1.165) is 10.7 Å². The van der Waals surface area contributed by atoms with Gasteiger partial charge in [0.05, 0.1) is 5.39 Å². The third-order valence-electron chi connectivity index (χ3n) is 2.91. The molecule has 0 aliphatic rings. The third-order valence-corrected chi connectivity index (χ3v) is 3.62. The Morgan fingerprint density at radius 3 is 2.37 bits per heavy atom. The van der Waals surface area contributed by atoms with E-state index in [1.54, 1.807) is 11.8 Å². The van der Waals surface area contributed by atoms with E-state index in [1.165, 1.54) is 10.9 Å². The van der Waals surface area contributed by atoms with Crippen molar-refractivity contribution in [2.75, 3.05) is 6.26 Å². The molecule has 3 rings (SSSR count). The number of halogens is 1. The number of fused-ring (bicyclic) bond motifs is 1. The zero-order valence-corrected chi connectivity index (χ0v) is 13.4. The summed E-state index contributed by atoms with van der Waals surface area (Å²) in [5.41, 5.74) is 2.32. The van der Waals surface area contributed by atoms with Gasteiger partial charge in [0, 0.05) is 0 Å². The first-order valence-electron chi connectivity index (χ1n) is 5.79. The van der Waals surface area contributed by atoms with Gasteiger partial charge in [-0.05, 0) is 35.5 Å². The Labute approximate surface area is 133 Å². The zero-order valence-electron chi connectivity index (χ0n) is 10.5. The van der Waals surface area contributed by atoms with Crippen LogP contribution in [0.5, 0.6) is 0 Å². The van der Waals surface area contributed by atoms with Crippen LogP contribution in [0.15, 0.2) is 66.0 Å². The normalized spacial score (nSPS) is 10.2. The van der Waals surface area contributed by atoms with Crippen molar-refractivity contribution in [3.05, 3.63) is 60.9 Å². The van der Waals surface area contributed by atoms with Crippen LogP contribution < -0.4 is 28.5 Å². The Balaban J connectivity index is 0.00000133. The van der Waals surface area contributed by atoms with Crippen molar-refractivity contribution in [3.63, 3.8) is 0 Å². The van der Waals surface area contributed by atoms with Crippen molar-refractivity contribution in [2.24, 2.45) is 0 Å². The van der Waals surface area contributed by atoms with Gasteiger partial charge in [0.1, 0.15) is 11.2 Å². The molecule has 0 amide bonds. The van der Waals surface area contributed by atoms with Crippen LogP contribution in [0.4, 0.5) is 0 Å². The summed E-state index contributed by atoms with van der Waals surface area (Å²) in [5, 5.41) is 2.26. The lowest BCUT2D eigenvalue weighted by atomic mass is 10.2. The quantitative estimate of drug-likeness (QED) is 0.274. The topological polar surface area (TPSA) is 16.8 Å². The van der Waals surface area contributed by atoms with Crippen molar-refractivity contribution < 1.29 is 28.5 Å². The number of thioether (sulfide) groups is 1. The lowest BCUT2D eigenvalue weighted by molar-refractivity contribution is -0.571. The van der Waals surface area contributed by atoms with Crippen LogP contribution in [0, 0.1) is 0 Å². The summed E-state index contributed by atoms with van der Waals surface area (Å²) in [6.07, 6.45) is 3.95. The fraction of sp³-hybridized carbons (Fsp3) is 0.0667. The van der Waals surface area contributed by atoms with E-state index in [-0.39, 0.29) is 24.0 Å². The molecule has 0 N–H and O–H groups in total. The van der Waals surface area contributed by atoms with Gasteiger partial charge < -0.3 is 24.0 Å². The highest BCUT2D eigenvalue weighted by Gasteiger charge is 2.13. The Bertz CT molecular complexity index is 686. The summed E-state index contributed by atoms with van der Waals surface area (Å²) in [6.45, 7) is 0. The molecule has 0 unspecified atom stereocenters. The van der Waals surface area contributed by atoms with Crippen LogP contribution in [0.25, 0.3) is 16.6 Å². The molecule has 0 atom stereocenters. The van der Waals surface area contributed by atoms with E-state index in [9.17, 15) is 0 Å². The van der Waals surface area contributed by atoms with Gasteiger partial charge in [-0.3, -0.25) is 0 Å². The fourth-order valence-corrected chi connectivity index (χ4v) is 2.61. The monoisotopic (exact) mass is 380 g/mol. The minimum atomic E-state index is 0. The van der Waals surface area contributed by atoms with Gasteiger partial charge in [0.2, 0.25) is 5.03 Å². The van der Waals surface area contributed by atoms with Crippen LogP contribution in [0.3, 0.4) is 0 Å². The molecule has 0 fully saturated rings. The van der Waals surface area contributed by atoms with E-state index in [4.69, 9.17) is 0 Å². The second-order valence-electron chi connectivity index (χ2n) is 3.98. The number of aromatic nitrogens is 2. The first kappa shape index (κ1) is 14.3. The molecule has 0 aliphatic carbocycles. The Morgan fingerprint density at radius 1 is 0.947 bits per heavy atom. The van der Waals surface area contributed by atoms with Gasteiger partial charge in [0.25, 0.3) is 6.33 Å². The molecule has 0 saturated heterocycles. The molecule has 4 heteroatoms. The second-order valence-corrected chi connectivity index (χ2v) is 4.77. The Kier molecular flexibility index (Phi) is 4.76. The Hall–Kier alpha value is -1.14. The minimum Gasteiger partial charge on any atom is -1.00 e. The summed E-state index contributed by atoms with van der Waals surface area (Å²) in [6, 6.07) is 18.6. The predicted molar refractivity (Wildman–Crippen MR) is 75.1 cm³/mol. The molecule has 1 heterocycles. The summed E-state index contributed by atoms with van der Waals surface area (Å²) in [7, 11) is 0. The van der Waals surface area contributed by atoms with Crippen LogP contribution >= 0.6 is 11.8 Å². The fourth-order valence-electron chi connectivity index (χ4n) is 2.06. The van der Waals surface area contributed by atoms with Gasteiger partial charge in [-0.2, -0.15) is 4.57 Å². The maximum absolute atomic E-state index is 4.53. The van der Waals surface area contributed by atoms with Gasteiger partial charge in [0.15, 0.2) is 0 Å². The molecule has 2 nitrogen and oxygen atoms in total. The molecule has 0 spiro atoms. The number of hydrogen-bond acceptors (Lipinski definition) is 2. The van der Waals surface area contributed by atoms with Crippen LogP contribution in [0.1, 0.15) is 0 Å². The number of rotatable bonds is 2. The van der Waals surface area contributed by atoms with E-state index in [2.05, 4.69) is 52.2 Å². The van der Waals surface area contributed by atoms with Crippen molar-refractivity contribution in [3.8, 4) is 5.69 Å². The maximum atomic E-state index is 4.53. The van der Waals surface area contributed by atoms with Crippen LogP contribution in [0.2, 0.25) is 0 Å². The van der Waals surface area contributed by atoms with Crippen molar-refractivity contribution in [1.29, 1.82) is 0 Å². The number of para-hydroxylation sites is 2. The van der Waals surface area contributed by atoms with Crippen molar-refractivity contribution >= 4 is 22.7 Å². The van der Waals surface area contributed by atoms with Gasteiger partial charge >= 0.3 is 0 Å². The standard InChI is InChI=1S/C15H13N2S.HI/c1-18-15-13-9-5-6-10-14(13)17(11-16-15)12-7-3-2-4-8-12;/h2-11H,1H3;1H/q+1;/p-1. The molecule has 0 aliphatic heterocycles. The summed E-state index contributed by atoms with van der Waals surface area (Å²) < 4.78 is 2.12. The predicted octanol–water partition coefficient (Wildman–Crippen LogP) is 0.237. The minimum absolute atomic E-state index is 0. The summed E-state index contributed by atoms with van der Waals surface area (Å²) in [4.78, 5) is 4.53. The molecular formula is C15H13IN2S. The lowest BCUT2D eigenvalue weighted by Crippen LogP contribution is -3.00. The number of benzene rings is 2. The van der Waals surface area contributed by atoms with Crippen LogP contribution in [-0.4, -0.2) is 11.2 Å². The van der Waals surface area contributed by atoms with Gasteiger partial charge in [-0.25, -0.2) is 0 Å². The van der Waals surface area contributed by atoms with E-state index < -0.39 is 0 Å². The van der Waals surface area contributed by atoms with Crippen molar-refractivity contribution in [2.45, 2.75) is 5.03 Å². The summed E-state index contributed by atoms with van der Waals surface area (Å²) >= 11 is 1.68.